The van der Waals surface area contributed by atoms with Crippen molar-refractivity contribution in [1.82, 2.24) is 4.90 Å². The van der Waals surface area contributed by atoms with E-state index in [1.165, 1.54) is 35.0 Å². The van der Waals surface area contributed by atoms with E-state index in [1.807, 2.05) is 32.8 Å². The maximum absolute atomic E-state index is 14.4. The summed E-state index contributed by atoms with van der Waals surface area (Å²) in [6, 6.07) is -0.295. The van der Waals surface area contributed by atoms with Gasteiger partial charge in [0.2, 0.25) is 0 Å². The Morgan fingerprint density at radius 3 is 1.91 bits per heavy atom. The highest BCUT2D eigenvalue weighted by atomic mass is 16.7. The second-order valence-corrected chi connectivity index (χ2v) is 17.8. The first kappa shape index (κ1) is 50.1. The van der Waals surface area contributed by atoms with Gasteiger partial charge in [-0.15, -0.1) is 0 Å². The molecule has 0 aromatic heterocycles. The number of methoxy groups -OCH3 is 2. The van der Waals surface area contributed by atoms with Crippen LogP contribution in [0.2, 0.25) is 0 Å². The van der Waals surface area contributed by atoms with E-state index in [0.29, 0.717) is 6.42 Å². The number of hydrogen-bond acceptors (Lipinski definition) is 16. The molecule has 0 saturated carbocycles. The molecule has 336 valence electrons. The van der Waals surface area contributed by atoms with Crippen LogP contribution in [0.15, 0.2) is 0 Å². The Bertz CT molecular complexity index is 1410. The van der Waals surface area contributed by atoms with Crippen molar-refractivity contribution < 1.29 is 72.0 Å². The number of aliphatic hydroxyl groups is 2. The third-order valence-corrected chi connectivity index (χ3v) is 12.8. The molecule has 4 unspecified atom stereocenters. The zero-order chi connectivity index (χ0) is 44.2. The van der Waals surface area contributed by atoms with Crippen molar-refractivity contribution in [1.29, 1.82) is 0 Å². The predicted octanol–water partition coefficient (Wildman–Crippen LogP) is 3.58. The Hall–Kier alpha value is -2.28. The number of cyclic esters (lactones) is 1. The van der Waals surface area contributed by atoms with Crippen LogP contribution < -0.4 is 0 Å². The fourth-order valence-corrected chi connectivity index (χ4v) is 9.27. The van der Waals surface area contributed by atoms with E-state index in [1.54, 1.807) is 48.5 Å². The molecule has 3 aliphatic rings. The molecule has 0 bridgehead atoms. The number of nitrogens with zero attached hydrogens (tertiary/aromatic N) is 1. The van der Waals surface area contributed by atoms with E-state index in [4.69, 9.17) is 42.6 Å². The summed E-state index contributed by atoms with van der Waals surface area (Å²) in [4.78, 5) is 55.1. The number of carbonyl (C=O) groups excluding carboxylic acids is 4. The van der Waals surface area contributed by atoms with E-state index in [9.17, 15) is 29.4 Å². The van der Waals surface area contributed by atoms with Crippen molar-refractivity contribution in [2.24, 2.45) is 23.7 Å². The van der Waals surface area contributed by atoms with Gasteiger partial charge >= 0.3 is 17.9 Å². The lowest BCUT2D eigenvalue weighted by atomic mass is 9.74. The Labute approximate surface area is 345 Å². The zero-order valence-electron chi connectivity index (χ0n) is 37.6. The molecule has 3 aliphatic heterocycles. The Kier molecular flexibility index (Phi) is 17.3. The number of Topliss-reactive ketones (excluding diaryl/α,β-unsaturated/α-hetero) is 1. The van der Waals surface area contributed by atoms with Gasteiger partial charge in [-0.1, -0.05) is 27.7 Å². The summed E-state index contributed by atoms with van der Waals surface area (Å²) in [6.07, 6.45) is -8.86. The second kappa shape index (κ2) is 20.1. The molecule has 0 aromatic rings. The number of ether oxygens (including phenoxy) is 9. The largest absolute Gasteiger partial charge is 0.459 e. The highest BCUT2D eigenvalue weighted by Crippen LogP contribution is 2.42. The lowest BCUT2D eigenvalue weighted by Crippen LogP contribution is -2.62. The maximum Gasteiger partial charge on any atom is 0.311 e. The molecule has 16 nitrogen and oxygen atoms in total. The smallest absolute Gasteiger partial charge is 0.311 e. The Morgan fingerprint density at radius 1 is 0.828 bits per heavy atom. The van der Waals surface area contributed by atoms with Crippen LogP contribution in [0.25, 0.3) is 0 Å². The van der Waals surface area contributed by atoms with Crippen LogP contribution >= 0.6 is 0 Å². The van der Waals surface area contributed by atoms with Crippen LogP contribution in [0.1, 0.15) is 109 Å². The summed E-state index contributed by atoms with van der Waals surface area (Å²) in [6.45, 7) is 19.6. The molecular weight excluding hydrogens is 758 g/mol. The topological polar surface area (TPSA) is 195 Å². The minimum absolute atomic E-state index is 0.0691. The molecule has 0 aliphatic carbocycles. The normalized spacial score (nSPS) is 44.9. The molecule has 2 N–H and O–H groups in total. The van der Waals surface area contributed by atoms with Crippen LogP contribution in [-0.2, 0) is 61.8 Å². The summed E-state index contributed by atoms with van der Waals surface area (Å²) >= 11 is 0. The Balaban J connectivity index is 2.28. The van der Waals surface area contributed by atoms with Crippen molar-refractivity contribution in [2.75, 3.05) is 28.3 Å². The van der Waals surface area contributed by atoms with Crippen molar-refractivity contribution >= 4 is 23.7 Å². The van der Waals surface area contributed by atoms with Gasteiger partial charge in [-0.3, -0.25) is 19.2 Å². The van der Waals surface area contributed by atoms with Crippen molar-refractivity contribution in [3.8, 4) is 0 Å². The highest BCUT2D eigenvalue weighted by molar-refractivity contribution is 5.83. The van der Waals surface area contributed by atoms with Gasteiger partial charge in [-0.25, -0.2) is 0 Å². The van der Waals surface area contributed by atoms with Crippen molar-refractivity contribution in [3.63, 3.8) is 0 Å². The number of rotatable bonds is 10. The number of aliphatic hydroxyl groups excluding tert-OH is 1. The molecule has 3 fully saturated rings. The van der Waals surface area contributed by atoms with Gasteiger partial charge in [-0.2, -0.15) is 0 Å². The Morgan fingerprint density at radius 2 is 1.40 bits per heavy atom. The van der Waals surface area contributed by atoms with Gasteiger partial charge in [0.1, 0.15) is 23.1 Å². The quantitative estimate of drug-likeness (QED) is 0.239. The molecule has 3 rings (SSSR count). The monoisotopic (exact) mass is 831 g/mol. The number of ketones is 1. The van der Waals surface area contributed by atoms with E-state index >= 15 is 0 Å². The lowest BCUT2D eigenvalue weighted by molar-refractivity contribution is -0.320. The SMILES string of the molecule is CC[C@@H]1OC(=O)[C@H](C)[C@H](OC2CC(C)(OC)[C@@H](OC(C)=O)[C@@H](C)O2)[C@@H](C)[C@H](O[C@@H]2O[C@H](C)C[C@H](N(C)C)[C@@H]2OC(C)=O)C(C)(OC)C[C@H](C)C(=O)[C@H](C)[C@@H](O)C1(C)O. The van der Waals surface area contributed by atoms with Crippen molar-refractivity contribution in [3.05, 3.63) is 0 Å². The van der Waals surface area contributed by atoms with Gasteiger partial charge in [0.15, 0.2) is 24.8 Å². The highest BCUT2D eigenvalue weighted by Gasteiger charge is 2.55. The van der Waals surface area contributed by atoms with E-state index in [0.717, 1.165) is 0 Å². The molecule has 0 aromatic carbocycles. The second-order valence-electron chi connectivity index (χ2n) is 17.8. The molecular formula is C42H73NO15. The summed E-state index contributed by atoms with van der Waals surface area (Å²) in [5, 5.41) is 23.3. The third-order valence-electron chi connectivity index (χ3n) is 12.8. The molecule has 18 atom stereocenters. The van der Waals surface area contributed by atoms with Crippen LogP contribution in [0.4, 0.5) is 0 Å². The average Bonchev–Trinajstić information content (AvgIpc) is 3.14. The van der Waals surface area contributed by atoms with E-state index < -0.39 is 114 Å². The van der Waals surface area contributed by atoms with Gasteiger partial charge in [0.05, 0.1) is 48.1 Å². The van der Waals surface area contributed by atoms with Gasteiger partial charge in [-0.05, 0) is 74.9 Å². The van der Waals surface area contributed by atoms with Gasteiger partial charge in [0.25, 0.3) is 0 Å². The molecule has 58 heavy (non-hydrogen) atoms. The number of carbonyl (C=O) groups is 4. The first-order valence-electron chi connectivity index (χ1n) is 20.7. The summed E-state index contributed by atoms with van der Waals surface area (Å²) in [5.41, 5.74) is -4.37. The van der Waals surface area contributed by atoms with Crippen LogP contribution in [0, 0.1) is 23.7 Å². The number of hydrogen-bond donors (Lipinski definition) is 2. The van der Waals surface area contributed by atoms with Crippen LogP contribution in [-0.4, -0.2) is 151 Å². The number of esters is 3. The van der Waals surface area contributed by atoms with Crippen LogP contribution in [0.3, 0.4) is 0 Å². The molecule has 0 amide bonds. The van der Waals surface area contributed by atoms with Crippen LogP contribution in [0.5, 0.6) is 0 Å². The summed E-state index contributed by atoms with van der Waals surface area (Å²) in [7, 11) is 6.76. The van der Waals surface area contributed by atoms with E-state index in [-0.39, 0.29) is 37.2 Å². The number of likely N-dealkylation sites (N-methyl/N-ethyl adjacent to an activating group) is 1. The van der Waals surface area contributed by atoms with Gasteiger partial charge in [0, 0.05) is 52.2 Å². The van der Waals surface area contributed by atoms with Crippen molar-refractivity contribution in [2.45, 2.75) is 193 Å². The molecule has 0 spiro atoms. The average molecular weight is 832 g/mol. The first-order valence-corrected chi connectivity index (χ1v) is 20.7. The molecule has 0 radical (unpaired) electrons. The fourth-order valence-electron chi connectivity index (χ4n) is 9.27. The predicted molar refractivity (Wildman–Crippen MR) is 210 cm³/mol. The van der Waals surface area contributed by atoms with Gasteiger partial charge < -0.3 is 57.7 Å². The fraction of sp³-hybridized carbons (Fsp3) is 0.905. The summed E-state index contributed by atoms with van der Waals surface area (Å²) < 4.78 is 56.4. The molecule has 3 heterocycles. The first-order chi connectivity index (χ1) is 26.8. The standard InChI is InChI=1S/C42H73NO15/c1-17-30-42(12,49)35(47)23(4)32(46)21(2)19-40(10,50-15)36(58-39-34(54-27(8)44)29(43(13)14)18-22(3)52-39)24(5)33(25(6)38(48)56-30)57-31-20-41(11,51-16)37(26(7)53-31)55-28(9)45/h21-26,29-31,33-37,39,47,49H,17-20H2,1-16H3/t21-,22+,23-,24+,25+,26+,29-,30-,31?,33+,34-,35+,36-,37-,39-,40?,41?,42?/m0/s1. The zero-order valence-corrected chi connectivity index (χ0v) is 37.6. The molecule has 16 heteroatoms. The molecule has 3 saturated heterocycles. The summed E-state index contributed by atoms with van der Waals surface area (Å²) in [5.74, 6) is -5.76. The minimum atomic E-state index is -2.00. The van der Waals surface area contributed by atoms with E-state index in [2.05, 4.69) is 0 Å². The lowest BCUT2D eigenvalue weighted by Gasteiger charge is -2.50. The third kappa shape index (κ3) is 11.1. The minimum Gasteiger partial charge on any atom is -0.459 e. The maximum atomic E-state index is 14.4.